The Balaban J connectivity index is 2.01. The van der Waals surface area contributed by atoms with Crippen LogP contribution in [0.4, 0.5) is 5.69 Å². The Hall–Kier alpha value is -3.00. The number of aliphatic imine (C=N–C) groups is 2. The number of nitrogens with one attached hydrogen (secondary N) is 1. The van der Waals surface area contributed by atoms with E-state index in [0.29, 0.717) is 30.3 Å². The van der Waals surface area contributed by atoms with Crippen LogP contribution in [0, 0.1) is 0 Å². The summed E-state index contributed by atoms with van der Waals surface area (Å²) in [5, 5.41) is 9.51. The first-order chi connectivity index (χ1) is 13.0. The molecule has 2 aliphatic heterocycles. The van der Waals surface area contributed by atoms with E-state index in [1.807, 2.05) is 29.3 Å². The van der Waals surface area contributed by atoms with Crippen LogP contribution in [0.1, 0.15) is 25.3 Å². The minimum Gasteiger partial charge on any atom is -0.383 e. The lowest BCUT2D eigenvalue weighted by atomic mass is 10.0. The van der Waals surface area contributed by atoms with Crippen molar-refractivity contribution in [3.63, 3.8) is 0 Å². The topological polar surface area (TPSA) is 105 Å². The highest BCUT2D eigenvalue weighted by atomic mass is 16.5. The number of nitrogens with zero attached hydrogens (tertiary/aromatic N) is 4. The molecule has 2 aliphatic rings. The van der Waals surface area contributed by atoms with E-state index >= 15 is 0 Å². The van der Waals surface area contributed by atoms with Crippen molar-refractivity contribution in [2.75, 3.05) is 25.6 Å². The number of carbonyl (C=O) groups is 1. The van der Waals surface area contributed by atoms with Gasteiger partial charge in [-0.2, -0.15) is 5.10 Å². The van der Waals surface area contributed by atoms with Crippen molar-refractivity contribution < 1.29 is 9.53 Å². The first-order valence-corrected chi connectivity index (χ1v) is 8.82. The van der Waals surface area contributed by atoms with Gasteiger partial charge in [-0.1, -0.05) is 12.1 Å². The van der Waals surface area contributed by atoms with Crippen LogP contribution in [-0.2, 0) is 9.53 Å². The fourth-order valence-electron chi connectivity index (χ4n) is 3.26. The summed E-state index contributed by atoms with van der Waals surface area (Å²) in [6.45, 7) is 6.43. The van der Waals surface area contributed by atoms with E-state index in [1.54, 1.807) is 7.05 Å². The summed E-state index contributed by atoms with van der Waals surface area (Å²) in [4.78, 5) is 19.6. The average molecular weight is 368 g/mol. The van der Waals surface area contributed by atoms with E-state index < -0.39 is 0 Å². The van der Waals surface area contributed by atoms with Crippen LogP contribution in [0.5, 0.6) is 0 Å². The van der Waals surface area contributed by atoms with Crippen LogP contribution < -0.4 is 11.1 Å². The summed E-state index contributed by atoms with van der Waals surface area (Å²) in [6, 6.07) is 7.63. The largest absolute Gasteiger partial charge is 0.383 e. The minimum absolute atomic E-state index is 0.118. The number of hydrogen-bond acceptors (Lipinski definition) is 6. The fourth-order valence-corrected chi connectivity index (χ4v) is 3.26. The van der Waals surface area contributed by atoms with Crippen LogP contribution in [0.2, 0.25) is 0 Å². The van der Waals surface area contributed by atoms with Crippen molar-refractivity contribution in [3.05, 3.63) is 41.2 Å². The maximum absolute atomic E-state index is 11.2. The molecule has 2 heterocycles. The van der Waals surface area contributed by atoms with Gasteiger partial charge in [-0.3, -0.25) is 9.79 Å². The molecule has 142 valence electrons. The Morgan fingerprint density at radius 1 is 1.33 bits per heavy atom. The monoisotopic (exact) mass is 368 g/mol. The molecule has 0 unspecified atom stereocenters. The number of amidine groups is 1. The molecule has 27 heavy (non-hydrogen) atoms. The molecule has 8 heteroatoms. The lowest BCUT2D eigenvalue weighted by Gasteiger charge is -2.29. The number of benzene rings is 1. The zero-order valence-corrected chi connectivity index (χ0v) is 15.6. The van der Waals surface area contributed by atoms with Crippen molar-refractivity contribution in [2.45, 2.75) is 25.8 Å². The molecule has 1 aromatic carbocycles. The number of hydrogen-bond donors (Lipinski definition) is 2. The number of nitrogens with two attached hydrogens (primary N) is 1. The summed E-state index contributed by atoms with van der Waals surface area (Å²) >= 11 is 0. The van der Waals surface area contributed by atoms with Gasteiger partial charge in [0.05, 0.1) is 11.6 Å². The van der Waals surface area contributed by atoms with Gasteiger partial charge in [-0.05, 0) is 31.7 Å². The van der Waals surface area contributed by atoms with E-state index in [2.05, 4.69) is 22.0 Å². The van der Waals surface area contributed by atoms with Gasteiger partial charge in [0.2, 0.25) is 5.91 Å². The first kappa shape index (κ1) is 18.8. The molecule has 0 radical (unpaired) electrons. The Bertz CT molecular complexity index is 819. The SMILES string of the molecule is C=N/C(N)=C1/C(c2ccc(NC(C)=O)cc2)=NN(C2CCOCC2)/C1=N/C. The lowest BCUT2D eigenvalue weighted by molar-refractivity contribution is -0.114. The molecule has 1 aromatic rings. The van der Waals surface area contributed by atoms with Gasteiger partial charge in [0.1, 0.15) is 11.5 Å². The predicted octanol–water partition coefficient (Wildman–Crippen LogP) is 1.74. The summed E-state index contributed by atoms with van der Waals surface area (Å²) in [6.07, 6.45) is 1.73. The molecule has 8 nitrogen and oxygen atoms in total. The summed E-state index contributed by atoms with van der Waals surface area (Å²) in [5.74, 6) is 0.857. The van der Waals surface area contributed by atoms with Crippen LogP contribution >= 0.6 is 0 Å². The molecule has 0 aliphatic carbocycles. The van der Waals surface area contributed by atoms with Crippen molar-refractivity contribution in [3.8, 4) is 0 Å². The quantitative estimate of drug-likeness (QED) is 0.790. The molecule has 1 saturated heterocycles. The van der Waals surface area contributed by atoms with Crippen molar-refractivity contribution in [1.29, 1.82) is 0 Å². The molecule has 3 rings (SSSR count). The molecule has 0 bridgehead atoms. The maximum atomic E-state index is 11.2. The molecular weight excluding hydrogens is 344 g/mol. The molecule has 0 atom stereocenters. The summed E-state index contributed by atoms with van der Waals surface area (Å²) < 4.78 is 5.47. The highest BCUT2D eigenvalue weighted by Gasteiger charge is 2.35. The predicted molar refractivity (Wildman–Crippen MR) is 107 cm³/mol. The van der Waals surface area contributed by atoms with Crippen LogP contribution in [-0.4, -0.2) is 55.5 Å². The van der Waals surface area contributed by atoms with E-state index in [9.17, 15) is 4.79 Å². The molecule has 0 aromatic heterocycles. The van der Waals surface area contributed by atoms with Gasteiger partial charge in [0, 0.05) is 38.4 Å². The Morgan fingerprint density at radius 3 is 2.56 bits per heavy atom. The smallest absolute Gasteiger partial charge is 0.221 e. The van der Waals surface area contributed by atoms with Crippen molar-refractivity contribution in [2.24, 2.45) is 20.8 Å². The summed E-state index contributed by atoms with van der Waals surface area (Å²) in [7, 11) is 1.72. The second kappa shape index (κ2) is 8.13. The molecule has 0 spiro atoms. The second-order valence-corrected chi connectivity index (χ2v) is 6.36. The average Bonchev–Trinajstić information content (AvgIpc) is 3.07. The third-order valence-electron chi connectivity index (χ3n) is 4.54. The van der Waals surface area contributed by atoms with Gasteiger partial charge in [0.25, 0.3) is 0 Å². The van der Waals surface area contributed by atoms with E-state index in [1.165, 1.54) is 6.92 Å². The van der Waals surface area contributed by atoms with Crippen LogP contribution in [0.3, 0.4) is 0 Å². The Labute approximate surface area is 158 Å². The van der Waals surface area contributed by atoms with Crippen LogP contribution in [0.15, 0.2) is 50.7 Å². The van der Waals surface area contributed by atoms with E-state index in [4.69, 9.17) is 15.6 Å². The van der Waals surface area contributed by atoms with E-state index in [-0.39, 0.29) is 17.8 Å². The Kier molecular flexibility index (Phi) is 5.66. The first-order valence-electron chi connectivity index (χ1n) is 8.82. The molecule has 0 saturated carbocycles. The lowest BCUT2D eigenvalue weighted by Crippen LogP contribution is -2.38. The number of hydrazone groups is 1. The highest BCUT2D eigenvalue weighted by molar-refractivity contribution is 6.32. The maximum Gasteiger partial charge on any atom is 0.221 e. The van der Waals surface area contributed by atoms with Gasteiger partial charge in [-0.25, -0.2) is 10.0 Å². The highest BCUT2D eigenvalue weighted by Crippen LogP contribution is 2.29. The molecule has 3 N–H and O–H groups in total. The zero-order valence-electron chi connectivity index (χ0n) is 15.6. The minimum atomic E-state index is -0.118. The molecular formula is C19H24N6O2. The molecule has 1 fully saturated rings. The van der Waals surface area contributed by atoms with Crippen molar-refractivity contribution >= 4 is 29.9 Å². The zero-order chi connectivity index (χ0) is 19.4. The van der Waals surface area contributed by atoms with Gasteiger partial charge in [0.15, 0.2) is 5.84 Å². The van der Waals surface area contributed by atoms with Crippen molar-refractivity contribution in [1.82, 2.24) is 5.01 Å². The van der Waals surface area contributed by atoms with Gasteiger partial charge >= 0.3 is 0 Å². The third-order valence-corrected chi connectivity index (χ3v) is 4.54. The number of ether oxygens (including phenoxy) is 1. The number of anilines is 1. The van der Waals surface area contributed by atoms with E-state index in [0.717, 1.165) is 24.1 Å². The normalized spacial score (nSPS) is 21.2. The third kappa shape index (κ3) is 3.90. The Morgan fingerprint density at radius 2 is 2.00 bits per heavy atom. The van der Waals surface area contributed by atoms with Crippen LogP contribution in [0.25, 0.3) is 0 Å². The number of amides is 1. The number of rotatable bonds is 4. The van der Waals surface area contributed by atoms with Gasteiger partial charge in [-0.15, -0.1) is 0 Å². The fraction of sp³-hybridized carbons (Fsp3) is 0.368. The summed E-state index contributed by atoms with van der Waals surface area (Å²) in [5.41, 5.74) is 9.09. The van der Waals surface area contributed by atoms with Gasteiger partial charge < -0.3 is 15.8 Å². The number of carbonyl (C=O) groups excluding carboxylic acids is 1. The second-order valence-electron chi connectivity index (χ2n) is 6.36. The molecule has 1 amide bonds. The standard InChI is InChI=1S/C19H24N6O2/c1-12(26)23-14-6-4-13(5-7-14)17-16(18(20)21-2)19(22-3)25(24-17)15-8-10-27-11-9-15/h4-7,15H,2,8-11,20H2,1,3H3,(H,23,26)/b18-16-,22-19+.